The number of rotatable bonds is 17. The SMILES string of the molecule is CC(C)(C)[Si](O)(c1ccccc1)c1ccccc1.CCCCCCC(O)C/C=C\CCCCCCCC(=O)O. The Balaban J connectivity index is 0.000000393. The van der Waals surface area contributed by atoms with Crippen molar-refractivity contribution >= 4 is 24.7 Å². The molecular weight excluding hydrogens is 500 g/mol. The molecule has 1 unspecified atom stereocenters. The second-order valence-electron chi connectivity index (χ2n) is 11.6. The summed E-state index contributed by atoms with van der Waals surface area (Å²) in [5.74, 6) is -0.689. The third kappa shape index (κ3) is 14.1. The van der Waals surface area contributed by atoms with E-state index in [1.54, 1.807) is 0 Å². The molecule has 2 aromatic rings. The van der Waals surface area contributed by atoms with Crippen molar-refractivity contribution in [3.8, 4) is 0 Å². The number of aliphatic hydroxyl groups excluding tert-OH is 1. The Bertz CT molecular complexity index is 866. The Hall–Kier alpha value is -2.21. The molecule has 0 radical (unpaired) electrons. The van der Waals surface area contributed by atoms with Gasteiger partial charge < -0.3 is 15.0 Å². The summed E-state index contributed by atoms with van der Waals surface area (Å²) in [6, 6.07) is 20.2. The van der Waals surface area contributed by atoms with Crippen molar-refractivity contribution in [1.29, 1.82) is 0 Å². The van der Waals surface area contributed by atoms with Crippen LogP contribution in [-0.4, -0.2) is 35.4 Å². The number of benzene rings is 2. The standard InChI is InChI=1S/C18H34O3.C16H20OSi/c1-2-3-4-11-14-17(19)15-12-9-7-5-6-8-10-13-16-18(20)21;1-16(2,3)18(17,14-10-6-4-7-11-14)15-12-8-5-9-13-15/h9,12,17,19H,2-8,10-11,13-16H2,1H3,(H,20,21);4-13,17H,1-3H3/b12-9-;. The molecule has 0 aromatic heterocycles. The maximum absolute atomic E-state index is 11.4. The molecule has 0 spiro atoms. The Morgan fingerprint density at radius 3 is 1.82 bits per heavy atom. The fourth-order valence-corrected chi connectivity index (χ4v) is 8.17. The largest absolute Gasteiger partial charge is 0.481 e. The van der Waals surface area contributed by atoms with Gasteiger partial charge in [-0.05, 0) is 47.5 Å². The quantitative estimate of drug-likeness (QED) is 0.107. The molecule has 0 heterocycles. The minimum absolute atomic E-state index is 0.143. The Morgan fingerprint density at radius 2 is 1.31 bits per heavy atom. The first-order valence-electron chi connectivity index (χ1n) is 15.0. The zero-order valence-electron chi connectivity index (χ0n) is 24.9. The highest BCUT2D eigenvalue weighted by molar-refractivity contribution is 6.98. The van der Waals surface area contributed by atoms with Crippen LogP contribution in [0.2, 0.25) is 5.04 Å². The maximum Gasteiger partial charge on any atom is 0.303 e. The van der Waals surface area contributed by atoms with Crippen LogP contribution in [0, 0.1) is 0 Å². The molecule has 0 aliphatic carbocycles. The Labute approximate surface area is 239 Å². The van der Waals surface area contributed by atoms with E-state index in [1.807, 2.05) is 60.7 Å². The Kier molecular flexibility index (Phi) is 17.7. The van der Waals surface area contributed by atoms with Crippen LogP contribution in [-0.2, 0) is 4.79 Å². The van der Waals surface area contributed by atoms with E-state index < -0.39 is 14.3 Å². The molecule has 0 saturated heterocycles. The average molecular weight is 555 g/mol. The van der Waals surface area contributed by atoms with Gasteiger partial charge in [0.05, 0.1) is 6.10 Å². The van der Waals surface area contributed by atoms with Crippen molar-refractivity contribution in [1.82, 2.24) is 0 Å². The van der Waals surface area contributed by atoms with E-state index >= 15 is 0 Å². The first kappa shape index (κ1) is 34.8. The van der Waals surface area contributed by atoms with Crippen molar-refractivity contribution in [3.05, 3.63) is 72.8 Å². The summed E-state index contributed by atoms with van der Waals surface area (Å²) < 4.78 is 0. The van der Waals surface area contributed by atoms with E-state index in [2.05, 4.69) is 39.8 Å². The number of aliphatic carboxylic acids is 1. The van der Waals surface area contributed by atoms with Crippen molar-refractivity contribution in [2.45, 2.75) is 122 Å². The number of unbranched alkanes of at least 4 members (excludes halogenated alkanes) is 8. The summed E-state index contributed by atoms with van der Waals surface area (Å²) in [6.07, 6.45) is 17.4. The molecule has 1 atom stereocenters. The first-order valence-corrected chi connectivity index (χ1v) is 17.0. The molecule has 0 aliphatic rings. The predicted octanol–water partition coefficient (Wildman–Crippen LogP) is 7.62. The molecule has 2 aromatic carbocycles. The van der Waals surface area contributed by atoms with Crippen molar-refractivity contribution in [2.75, 3.05) is 0 Å². The minimum atomic E-state index is -2.70. The van der Waals surface area contributed by atoms with Crippen LogP contribution in [0.1, 0.15) is 111 Å². The van der Waals surface area contributed by atoms with Gasteiger partial charge in [-0.2, -0.15) is 0 Å². The number of carbonyl (C=O) groups is 1. The van der Waals surface area contributed by atoms with E-state index in [4.69, 9.17) is 5.11 Å². The number of hydrogen-bond acceptors (Lipinski definition) is 3. The van der Waals surface area contributed by atoms with Gasteiger partial charge in [0.25, 0.3) is 8.32 Å². The van der Waals surface area contributed by atoms with Gasteiger partial charge in [-0.25, -0.2) is 0 Å². The molecule has 0 amide bonds. The second-order valence-corrected chi connectivity index (χ2v) is 15.7. The summed E-state index contributed by atoms with van der Waals surface area (Å²) in [7, 11) is -2.70. The van der Waals surface area contributed by atoms with Gasteiger partial charge in [0, 0.05) is 6.42 Å². The van der Waals surface area contributed by atoms with Gasteiger partial charge in [-0.3, -0.25) is 4.79 Å². The highest BCUT2D eigenvalue weighted by Crippen LogP contribution is 2.33. The summed E-state index contributed by atoms with van der Waals surface area (Å²) in [5.41, 5.74) is 0. The molecule has 3 N–H and O–H groups in total. The van der Waals surface area contributed by atoms with Gasteiger partial charge in [0.2, 0.25) is 0 Å². The number of carboxylic acid groups (broad SMARTS) is 1. The minimum Gasteiger partial charge on any atom is -0.481 e. The second kappa shape index (κ2) is 19.8. The zero-order chi connectivity index (χ0) is 29.0. The lowest BCUT2D eigenvalue weighted by Gasteiger charge is -2.38. The van der Waals surface area contributed by atoms with Crippen LogP contribution >= 0.6 is 0 Å². The summed E-state index contributed by atoms with van der Waals surface area (Å²) in [4.78, 5) is 21.8. The molecule has 4 nitrogen and oxygen atoms in total. The monoisotopic (exact) mass is 554 g/mol. The third-order valence-corrected chi connectivity index (χ3v) is 11.7. The molecule has 0 fully saturated rings. The normalized spacial score (nSPS) is 12.7. The summed E-state index contributed by atoms with van der Waals surface area (Å²) in [5, 5.41) is 20.3. The van der Waals surface area contributed by atoms with Crippen molar-refractivity contribution < 1.29 is 19.8 Å². The Morgan fingerprint density at radius 1 is 0.795 bits per heavy atom. The van der Waals surface area contributed by atoms with Crippen LogP contribution in [0.3, 0.4) is 0 Å². The van der Waals surface area contributed by atoms with Gasteiger partial charge in [-0.15, -0.1) is 0 Å². The van der Waals surface area contributed by atoms with Crippen LogP contribution < -0.4 is 10.4 Å². The van der Waals surface area contributed by atoms with E-state index in [0.29, 0.717) is 6.42 Å². The number of carboxylic acids is 1. The van der Waals surface area contributed by atoms with E-state index in [-0.39, 0.29) is 11.1 Å². The summed E-state index contributed by atoms with van der Waals surface area (Å²) in [6.45, 7) is 8.57. The van der Waals surface area contributed by atoms with E-state index in [9.17, 15) is 14.7 Å². The maximum atomic E-state index is 11.4. The van der Waals surface area contributed by atoms with Crippen LogP contribution in [0.15, 0.2) is 72.8 Å². The van der Waals surface area contributed by atoms with Gasteiger partial charge in [0.15, 0.2) is 0 Å². The molecule has 218 valence electrons. The number of hydrogen-bond donors (Lipinski definition) is 3. The molecule has 0 saturated carbocycles. The summed E-state index contributed by atoms with van der Waals surface area (Å²) >= 11 is 0. The van der Waals surface area contributed by atoms with E-state index in [0.717, 1.165) is 61.7 Å². The van der Waals surface area contributed by atoms with Crippen LogP contribution in [0.5, 0.6) is 0 Å². The third-order valence-electron chi connectivity index (χ3n) is 7.20. The van der Waals surface area contributed by atoms with Gasteiger partial charge >= 0.3 is 5.97 Å². The lowest BCUT2D eigenvalue weighted by Crippen LogP contribution is -2.64. The highest BCUT2D eigenvalue weighted by Gasteiger charge is 2.46. The highest BCUT2D eigenvalue weighted by atomic mass is 28.4. The lowest BCUT2D eigenvalue weighted by atomic mass is 10.1. The number of allylic oxidation sites excluding steroid dienone is 1. The first-order chi connectivity index (χ1) is 18.6. The molecule has 39 heavy (non-hydrogen) atoms. The molecule has 5 heteroatoms. The number of aliphatic hydroxyl groups is 1. The topological polar surface area (TPSA) is 77.8 Å². The predicted molar refractivity (Wildman–Crippen MR) is 168 cm³/mol. The smallest absolute Gasteiger partial charge is 0.303 e. The van der Waals surface area contributed by atoms with Crippen molar-refractivity contribution in [2.24, 2.45) is 0 Å². The molecule has 0 aliphatic heterocycles. The molecule has 2 rings (SSSR count). The fraction of sp³-hybridized carbons (Fsp3) is 0.559. The zero-order valence-corrected chi connectivity index (χ0v) is 25.9. The van der Waals surface area contributed by atoms with Gasteiger partial charge in [-0.1, -0.05) is 145 Å². The van der Waals surface area contributed by atoms with Gasteiger partial charge in [0.1, 0.15) is 0 Å². The van der Waals surface area contributed by atoms with Crippen LogP contribution in [0.4, 0.5) is 0 Å². The lowest BCUT2D eigenvalue weighted by molar-refractivity contribution is -0.137. The van der Waals surface area contributed by atoms with Crippen molar-refractivity contribution in [3.63, 3.8) is 0 Å². The molecule has 0 bridgehead atoms. The van der Waals surface area contributed by atoms with Crippen LogP contribution in [0.25, 0.3) is 0 Å². The average Bonchev–Trinajstić information content (AvgIpc) is 2.92. The molecular formula is C34H54O4Si. The fourth-order valence-electron chi connectivity index (χ4n) is 4.76. The van der Waals surface area contributed by atoms with E-state index in [1.165, 1.54) is 25.7 Å².